The van der Waals surface area contributed by atoms with Crippen LogP contribution in [-0.2, 0) is 12.0 Å². The molecule has 182 valence electrons. The Kier molecular flexibility index (Phi) is 7.63. The highest BCUT2D eigenvalue weighted by atomic mass is 15.3. The van der Waals surface area contributed by atoms with Crippen LogP contribution in [0.4, 0.5) is 0 Å². The molecule has 0 fully saturated rings. The van der Waals surface area contributed by atoms with Crippen molar-refractivity contribution in [2.45, 2.75) is 38.1 Å². The summed E-state index contributed by atoms with van der Waals surface area (Å²) in [4.78, 5) is 0. The molecule has 0 aliphatic rings. The van der Waals surface area contributed by atoms with Crippen LogP contribution in [0, 0.1) is 11.8 Å². The van der Waals surface area contributed by atoms with Crippen molar-refractivity contribution in [3.8, 4) is 11.8 Å². The molecule has 1 aromatic heterocycles. The van der Waals surface area contributed by atoms with Gasteiger partial charge in [-0.05, 0) is 47.2 Å². The van der Waals surface area contributed by atoms with Crippen molar-refractivity contribution in [3.63, 3.8) is 0 Å². The number of hydrogen-bond acceptors (Lipinski definition) is 1. The van der Waals surface area contributed by atoms with Gasteiger partial charge in [0.05, 0.1) is 11.8 Å². The number of hydrogen-bond donors (Lipinski definition) is 0. The molecule has 1 heterocycles. The Bertz CT molecular complexity index is 1360. The summed E-state index contributed by atoms with van der Waals surface area (Å²) in [6, 6.07) is 40.4. The van der Waals surface area contributed by atoms with Crippen LogP contribution in [0.2, 0.25) is 0 Å². The number of aryl methyl sites for hydroxylation is 1. The van der Waals surface area contributed by atoms with Crippen LogP contribution < -0.4 is 0 Å². The lowest BCUT2D eigenvalue weighted by atomic mass is 9.77. The van der Waals surface area contributed by atoms with Gasteiger partial charge < -0.3 is 0 Å². The van der Waals surface area contributed by atoms with Crippen LogP contribution in [0.15, 0.2) is 128 Å². The molecule has 0 atom stereocenters. The number of unbranched alkanes of at least 4 members (excludes halogenated alkanes) is 2. The number of aromatic nitrogens is 2. The van der Waals surface area contributed by atoms with Crippen LogP contribution in [0.3, 0.4) is 0 Å². The molecule has 0 saturated heterocycles. The molecular weight excluding hydrogens is 448 g/mol. The van der Waals surface area contributed by atoms with Crippen molar-refractivity contribution >= 4 is 0 Å². The van der Waals surface area contributed by atoms with E-state index in [1.54, 1.807) is 0 Å². The fourth-order valence-electron chi connectivity index (χ4n) is 4.98. The van der Waals surface area contributed by atoms with Gasteiger partial charge in [0.1, 0.15) is 5.54 Å². The summed E-state index contributed by atoms with van der Waals surface area (Å²) in [5.74, 6) is 6.68. The minimum Gasteiger partial charge on any atom is -0.252 e. The van der Waals surface area contributed by atoms with E-state index in [0.29, 0.717) is 0 Å². The zero-order valence-electron chi connectivity index (χ0n) is 21.3. The Labute approximate surface area is 220 Å². The average Bonchev–Trinajstić information content (AvgIpc) is 3.44. The summed E-state index contributed by atoms with van der Waals surface area (Å²) in [6.45, 7) is 2.24. The molecular formula is C35H32N2. The van der Waals surface area contributed by atoms with Gasteiger partial charge in [0, 0.05) is 11.8 Å². The molecule has 0 aliphatic heterocycles. The van der Waals surface area contributed by atoms with Gasteiger partial charge in [-0.2, -0.15) is 5.10 Å². The van der Waals surface area contributed by atoms with Gasteiger partial charge in [-0.3, -0.25) is 4.68 Å². The van der Waals surface area contributed by atoms with E-state index in [9.17, 15) is 0 Å². The van der Waals surface area contributed by atoms with Crippen molar-refractivity contribution in [3.05, 3.63) is 161 Å². The van der Waals surface area contributed by atoms with Crippen LogP contribution >= 0.6 is 0 Å². The Morgan fingerprint density at radius 2 is 1.14 bits per heavy atom. The summed E-state index contributed by atoms with van der Waals surface area (Å²) in [5, 5.41) is 4.90. The second-order valence-electron chi connectivity index (χ2n) is 9.39. The van der Waals surface area contributed by atoms with Crippen molar-refractivity contribution in [1.82, 2.24) is 9.78 Å². The molecule has 2 nitrogen and oxygen atoms in total. The molecule has 0 saturated carbocycles. The monoisotopic (exact) mass is 480 g/mol. The van der Waals surface area contributed by atoms with Gasteiger partial charge in [-0.1, -0.05) is 135 Å². The normalized spacial score (nSPS) is 11.1. The Morgan fingerprint density at radius 3 is 1.65 bits per heavy atom. The van der Waals surface area contributed by atoms with Gasteiger partial charge in [0.2, 0.25) is 0 Å². The van der Waals surface area contributed by atoms with Gasteiger partial charge in [0.25, 0.3) is 0 Å². The van der Waals surface area contributed by atoms with Crippen LogP contribution in [0.1, 0.15) is 59.6 Å². The largest absolute Gasteiger partial charge is 0.252 e. The van der Waals surface area contributed by atoms with Gasteiger partial charge >= 0.3 is 0 Å². The van der Waals surface area contributed by atoms with Gasteiger partial charge in [-0.15, -0.1) is 0 Å². The fourth-order valence-corrected chi connectivity index (χ4v) is 4.98. The van der Waals surface area contributed by atoms with E-state index in [-0.39, 0.29) is 0 Å². The third-order valence-corrected chi connectivity index (χ3v) is 6.88. The topological polar surface area (TPSA) is 17.8 Å². The molecule has 5 aromatic rings. The maximum Gasteiger partial charge on any atom is 0.138 e. The molecule has 5 rings (SSSR count). The zero-order valence-corrected chi connectivity index (χ0v) is 21.3. The van der Waals surface area contributed by atoms with Crippen molar-refractivity contribution in [1.29, 1.82) is 0 Å². The fraction of sp³-hybridized carbons (Fsp3) is 0.171. The van der Waals surface area contributed by atoms with Crippen molar-refractivity contribution in [2.24, 2.45) is 0 Å². The number of benzene rings is 4. The molecule has 0 N–H and O–H groups in total. The first-order valence-electron chi connectivity index (χ1n) is 13.1. The summed E-state index contributed by atoms with van der Waals surface area (Å²) in [6.07, 6.45) is 8.84. The molecule has 37 heavy (non-hydrogen) atoms. The maximum atomic E-state index is 4.90. The smallest absolute Gasteiger partial charge is 0.138 e. The third kappa shape index (κ3) is 5.27. The molecule has 0 bridgehead atoms. The number of rotatable bonds is 8. The van der Waals surface area contributed by atoms with E-state index in [1.165, 1.54) is 24.8 Å². The zero-order chi connectivity index (χ0) is 25.3. The molecule has 0 aliphatic carbocycles. The van der Waals surface area contributed by atoms with E-state index >= 15 is 0 Å². The van der Waals surface area contributed by atoms with Crippen LogP contribution in [0.25, 0.3) is 0 Å². The lowest BCUT2D eigenvalue weighted by Crippen LogP contribution is -2.38. The van der Waals surface area contributed by atoms with Crippen molar-refractivity contribution in [2.75, 3.05) is 0 Å². The van der Waals surface area contributed by atoms with Crippen molar-refractivity contribution < 1.29 is 0 Å². The summed E-state index contributed by atoms with van der Waals surface area (Å²) < 4.78 is 2.06. The molecule has 0 spiro atoms. The quantitative estimate of drug-likeness (QED) is 0.126. The van der Waals surface area contributed by atoms with Crippen LogP contribution in [0.5, 0.6) is 0 Å². The van der Waals surface area contributed by atoms with E-state index in [4.69, 9.17) is 5.10 Å². The first-order valence-corrected chi connectivity index (χ1v) is 13.1. The Balaban J connectivity index is 1.54. The molecule has 2 heteroatoms. The lowest BCUT2D eigenvalue weighted by molar-refractivity contribution is 0.460. The first kappa shape index (κ1) is 24.3. The minimum absolute atomic E-state index is 0.621. The average molecular weight is 481 g/mol. The maximum absolute atomic E-state index is 4.90. The Hall–Kier alpha value is -4.35. The second kappa shape index (κ2) is 11.6. The molecule has 0 amide bonds. The van der Waals surface area contributed by atoms with Crippen LogP contribution in [-0.4, -0.2) is 9.78 Å². The Morgan fingerprint density at radius 1 is 0.622 bits per heavy atom. The van der Waals surface area contributed by atoms with Gasteiger partial charge in [-0.25, -0.2) is 0 Å². The molecule has 0 unspecified atom stereocenters. The first-order chi connectivity index (χ1) is 18.3. The van der Waals surface area contributed by atoms with Gasteiger partial charge in [0.15, 0.2) is 0 Å². The predicted molar refractivity (Wildman–Crippen MR) is 152 cm³/mol. The highest BCUT2D eigenvalue weighted by molar-refractivity contribution is 5.51. The highest BCUT2D eigenvalue weighted by Crippen LogP contribution is 2.40. The second-order valence-corrected chi connectivity index (χ2v) is 9.39. The highest BCUT2D eigenvalue weighted by Gasteiger charge is 2.39. The van der Waals surface area contributed by atoms with E-state index in [0.717, 1.165) is 34.2 Å². The van der Waals surface area contributed by atoms with E-state index in [1.807, 2.05) is 6.20 Å². The molecule has 4 aromatic carbocycles. The third-order valence-electron chi connectivity index (χ3n) is 6.88. The minimum atomic E-state index is -0.621. The number of nitrogens with zero attached hydrogens (tertiary/aromatic N) is 2. The molecule has 0 radical (unpaired) electrons. The summed E-state index contributed by atoms with van der Waals surface area (Å²) in [5.41, 5.74) is 6.11. The van der Waals surface area contributed by atoms with E-state index < -0.39 is 5.54 Å². The SMILES string of the molecule is CCCCCc1ccc(C#Cc2cnn(C(c3ccccc3)(c3ccccc3)c3ccccc3)c2)cc1. The lowest BCUT2D eigenvalue weighted by Gasteiger charge is -2.36. The standard InChI is InChI=1S/C35H32N2/c1-2-3-7-14-29-21-23-30(24-22-29)25-26-31-27-36-37(28-31)35(32-15-8-4-9-16-32,33-17-10-5-11-18-33)34-19-12-6-13-20-34/h4-6,8-13,15-24,27-28H,2-3,7,14H2,1H3. The predicted octanol–water partition coefficient (Wildman–Crippen LogP) is 7.86. The summed E-state index contributed by atoms with van der Waals surface area (Å²) in [7, 11) is 0. The van der Waals surface area contributed by atoms with E-state index in [2.05, 4.69) is 145 Å². The summed E-state index contributed by atoms with van der Waals surface area (Å²) >= 11 is 0.